The lowest BCUT2D eigenvalue weighted by Crippen LogP contribution is -2.27. The van der Waals surface area contributed by atoms with E-state index >= 15 is 0 Å². The van der Waals surface area contributed by atoms with Crippen LogP contribution >= 0.6 is 0 Å². The molecule has 0 heterocycles. The third-order valence-electron chi connectivity index (χ3n) is 6.09. The zero-order valence-corrected chi connectivity index (χ0v) is 20.9. The number of ether oxygens (including phenoxy) is 1. The number of amides is 1. The van der Waals surface area contributed by atoms with Gasteiger partial charge < -0.3 is 15.2 Å². The van der Waals surface area contributed by atoms with Gasteiger partial charge in [-0.25, -0.2) is 8.78 Å². The average Bonchev–Trinajstić information content (AvgIpc) is 2.82. The maximum atomic E-state index is 13.6. The molecule has 5 nitrogen and oxygen atoms in total. The van der Waals surface area contributed by atoms with Crippen LogP contribution in [0.15, 0.2) is 60.7 Å². The van der Waals surface area contributed by atoms with Crippen molar-refractivity contribution in [3.8, 4) is 11.5 Å². The number of carboxylic acid groups (broad SMARTS) is 1. The quantitative estimate of drug-likeness (QED) is 0.318. The molecule has 0 bridgehead atoms. The zero-order valence-electron chi connectivity index (χ0n) is 20.9. The van der Waals surface area contributed by atoms with E-state index < -0.39 is 11.9 Å². The first-order valence-corrected chi connectivity index (χ1v) is 11.9. The number of hydrogen-bond acceptors (Lipinski definition) is 3. The van der Waals surface area contributed by atoms with E-state index in [2.05, 4.69) is 5.32 Å². The fourth-order valence-electron chi connectivity index (χ4n) is 4.01. The highest BCUT2D eigenvalue weighted by molar-refractivity contribution is 5.96. The first kappa shape index (κ1) is 26.9. The summed E-state index contributed by atoms with van der Waals surface area (Å²) in [5.41, 5.74) is 3.54. The van der Waals surface area contributed by atoms with Gasteiger partial charge in [0.05, 0.1) is 6.04 Å². The summed E-state index contributed by atoms with van der Waals surface area (Å²) >= 11 is 0. The fourth-order valence-corrected chi connectivity index (χ4v) is 4.01. The number of hydrogen-bond donors (Lipinski definition) is 2. The molecule has 7 heteroatoms. The Balaban J connectivity index is 1.71. The first-order valence-electron chi connectivity index (χ1n) is 11.9. The van der Waals surface area contributed by atoms with Crippen LogP contribution < -0.4 is 10.1 Å². The van der Waals surface area contributed by atoms with Crippen LogP contribution in [0.4, 0.5) is 8.78 Å². The standard InChI is InChI=1S/C29H31F2NO4/c1-5-20-16-25(12-9-21(20)10-14-27(33)34)36-24-8-6-7-22(17-24)19(3)32-28(35)26-13-11-23(15-18(26)2)29(4,30)31/h6-9,11-13,15-17,19H,5,10,14H2,1-4H3,(H,32,35)(H,33,34)/t19-/m1/s1. The minimum Gasteiger partial charge on any atom is -0.481 e. The minimum absolute atomic E-state index is 0.0770. The summed E-state index contributed by atoms with van der Waals surface area (Å²) in [6, 6.07) is 16.7. The van der Waals surface area contributed by atoms with Crippen LogP contribution in [-0.2, 0) is 23.6 Å². The van der Waals surface area contributed by atoms with E-state index in [9.17, 15) is 18.4 Å². The van der Waals surface area contributed by atoms with Crippen molar-refractivity contribution in [1.29, 1.82) is 0 Å². The molecule has 3 aromatic rings. The molecule has 0 unspecified atom stereocenters. The molecule has 190 valence electrons. The second-order valence-electron chi connectivity index (χ2n) is 8.97. The maximum absolute atomic E-state index is 13.6. The van der Waals surface area contributed by atoms with E-state index in [0.29, 0.717) is 29.0 Å². The summed E-state index contributed by atoms with van der Waals surface area (Å²) in [7, 11) is 0. The summed E-state index contributed by atoms with van der Waals surface area (Å²) < 4.78 is 33.2. The molecule has 3 rings (SSSR count). The molecule has 36 heavy (non-hydrogen) atoms. The number of halogens is 2. The van der Waals surface area contributed by atoms with Crippen LogP contribution in [0.1, 0.15) is 71.4 Å². The van der Waals surface area contributed by atoms with Crippen LogP contribution in [-0.4, -0.2) is 17.0 Å². The lowest BCUT2D eigenvalue weighted by Gasteiger charge is -2.18. The molecule has 0 aliphatic heterocycles. The van der Waals surface area contributed by atoms with Crippen molar-refractivity contribution < 1.29 is 28.2 Å². The number of carbonyl (C=O) groups is 2. The van der Waals surface area contributed by atoms with Crippen molar-refractivity contribution in [1.82, 2.24) is 5.32 Å². The van der Waals surface area contributed by atoms with Gasteiger partial charge >= 0.3 is 5.97 Å². The average molecular weight is 496 g/mol. The monoisotopic (exact) mass is 495 g/mol. The maximum Gasteiger partial charge on any atom is 0.303 e. The van der Waals surface area contributed by atoms with E-state index in [1.54, 1.807) is 6.92 Å². The van der Waals surface area contributed by atoms with Crippen molar-refractivity contribution in [3.63, 3.8) is 0 Å². The molecule has 0 aliphatic carbocycles. The summed E-state index contributed by atoms with van der Waals surface area (Å²) in [6.45, 7) is 6.32. The molecule has 0 spiro atoms. The molecule has 0 aliphatic rings. The van der Waals surface area contributed by atoms with Crippen LogP contribution in [0.3, 0.4) is 0 Å². The van der Waals surface area contributed by atoms with Crippen LogP contribution in [0.5, 0.6) is 11.5 Å². The highest BCUT2D eigenvalue weighted by Gasteiger charge is 2.25. The molecule has 3 aromatic carbocycles. The van der Waals surface area contributed by atoms with Gasteiger partial charge in [-0.2, -0.15) is 0 Å². The molecule has 1 atom stereocenters. The first-order chi connectivity index (χ1) is 17.0. The zero-order chi connectivity index (χ0) is 26.5. The SMILES string of the molecule is CCc1cc(Oc2cccc([C@@H](C)NC(=O)c3ccc(C(C)(F)F)cc3C)c2)ccc1CCC(=O)O. The Hall–Kier alpha value is -3.74. The lowest BCUT2D eigenvalue weighted by molar-refractivity contribution is -0.136. The number of nitrogens with one attached hydrogen (secondary N) is 1. The highest BCUT2D eigenvalue weighted by Crippen LogP contribution is 2.29. The van der Waals surface area contributed by atoms with E-state index in [1.807, 2.05) is 56.3 Å². The van der Waals surface area contributed by atoms with Gasteiger partial charge in [0.25, 0.3) is 11.8 Å². The van der Waals surface area contributed by atoms with Gasteiger partial charge in [-0.15, -0.1) is 0 Å². The Morgan fingerprint density at radius 1 is 1.03 bits per heavy atom. The molecule has 2 N–H and O–H groups in total. The smallest absolute Gasteiger partial charge is 0.303 e. The van der Waals surface area contributed by atoms with Crippen LogP contribution in [0, 0.1) is 6.92 Å². The van der Waals surface area contributed by atoms with E-state index in [0.717, 1.165) is 30.0 Å². The van der Waals surface area contributed by atoms with E-state index in [1.165, 1.54) is 18.2 Å². The van der Waals surface area contributed by atoms with Gasteiger partial charge in [-0.1, -0.05) is 31.2 Å². The summed E-state index contributed by atoms with van der Waals surface area (Å²) in [5.74, 6) is -2.90. The third-order valence-corrected chi connectivity index (χ3v) is 6.09. The molecular formula is C29H31F2NO4. The van der Waals surface area contributed by atoms with Crippen molar-refractivity contribution in [2.24, 2.45) is 0 Å². The predicted octanol–water partition coefficient (Wildman–Crippen LogP) is 6.97. The van der Waals surface area contributed by atoms with Gasteiger partial charge in [0.15, 0.2) is 0 Å². The van der Waals surface area contributed by atoms with Gasteiger partial charge in [0, 0.05) is 24.5 Å². The molecule has 0 saturated carbocycles. The number of alkyl halides is 2. The lowest BCUT2D eigenvalue weighted by atomic mass is 10.0. The van der Waals surface area contributed by atoms with Crippen molar-refractivity contribution in [3.05, 3.63) is 94.0 Å². The van der Waals surface area contributed by atoms with Crippen molar-refractivity contribution in [2.45, 2.75) is 58.9 Å². The van der Waals surface area contributed by atoms with Gasteiger partial charge in [0.1, 0.15) is 11.5 Å². The number of rotatable bonds is 10. The summed E-state index contributed by atoms with van der Waals surface area (Å²) in [4.78, 5) is 23.7. The summed E-state index contributed by atoms with van der Waals surface area (Å²) in [6.07, 6.45) is 1.30. The largest absolute Gasteiger partial charge is 0.481 e. The second-order valence-corrected chi connectivity index (χ2v) is 8.97. The normalized spacial score (nSPS) is 12.2. The van der Waals surface area contributed by atoms with Crippen LogP contribution in [0.2, 0.25) is 0 Å². The summed E-state index contributed by atoms with van der Waals surface area (Å²) in [5, 5.41) is 11.9. The van der Waals surface area contributed by atoms with E-state index in [-0.39, 0.29) is 23.9 Å². The Labute approximate surface area is 210 Å². The molecule has 1 amide bonds. The molecule has 0 aromatic heterocycles. The topological polar surface area (TPSA) is 75.6 Å². The van der Waals surface area contributed by atoms with Crippen LogP contribution in [0.25, 0.3) is 0 Å². The highest BCUT2D eigenvalue weighted by atomic mass is 19.3. The number of aryl methyl sites for hydroxylation is 3. The molecule has 0 saturated heterocycles. The van der Waals surface area contributed by atoms with Crippen molar-refractivity contribution in [2.75, 3.05) is 0 Å². The Kier molecular flexibility index (Phi) is 8.45. The van der Waals surface area contributed by atoms with Gasteiger partial charge in [-0.05, 0) is 85.3 Å². The Morgan fingerprint density at radius 3 is 2.39 bits per heavy atom. The Bertz CT molecular complexity index is 1250. The number of carbonyl (C=O) groups excluding carboxylic acids is 1. The van der Waals surface area contributed by atoms with Gasteiger partial charge in [0.2, 0.25) is 0 Å². The van der Waals surface area contributed by atoms with Crippen molar-refractivity contribution >= 4 is 11.9 Å². The molecular weight excluding hydrogens is 464 g/mol. The number of aliphatic carboxylic acids is 1. The minimum atomic E-state index is -2.97. The fraction of sp³-hybridized carbons (Fsp3) is 0.310. The van der Waals surface area contributed by atoms with E-state index in [4.69, 9.17) is 9.84 Å². The number of benzene rings is 3. The predicted molar refractivity (Wildman–Crippen MR) is 135 cm³/mol. The third kappa shape index (κ3) is 6.90. The van der Waals surface area contributed by atoms with Gasteiger partial charge in [-0.3, -0.25) is 9.59 Å². The molecule has 0 radical (unpaired) electrons. The molecule has 0 fully saturated rings. The number of carboxylic acids is 1. The Morgan fingerprint density at radius 2 is 1.75 bits per heavy atom. The second kappa shape index (κ2) is 11.3.